The van der Waals surface area contributed by atoms with Crippen molar-refractivity contribution < 1.29 is 49.1 Å². The first kappa shape index (κ1) is 35.8. The number of esters is 1. The minimum atomic E-state index is -1.82. The predicted octanol–water partition coefficient (Wildman–Crippen LogP) is 4.60. The van der Waals surface area contributed by atoms with Crippen molar-refractivity contribution in [3.8, 4) is 0 Å². The van der Waals surface area contributed by atoms with Crippen molar-refractivity contribution in [2.45, 2.75) is 77.7 Å². The Kier molecular flexibility index (Phi) is 11.3. The highest BCUT2D eigenvalue weighted by atomic mass is 16.5. The summed E-state index contributed by atoms with van der Waals surface area (Å²) in [5, 5.41) is 29.6. The van der Waals surface area contributed by atoms with Gasteiger partial charge < -0.3 is 30.1 Å². The Morgan fingerprint density at radius 3 is 2.02 bits per heavy atom. The molecule has 4 N–H and O–H groups in total. The molecule has 0 unspecified atom stereocenters. The van der Waals surface area contributed by atoms with Crippen molar-refractivity contribution in [2.24, 2.45) is 34.5 Å². The normalized spacial score (nSPS) is 31.4. The predicted molar refractivity (Wildman–Crippen MR) is 170 cm³/mol. The van der Waals surface area contributed by atoms with Crippen LogP contribution in [0.3, 0.4) is 0 Å². The summed E-state index contributed by atoms with van der Waals surface area (Å²) in [4.78, 5) is 56.0. The molecule has 12 nitrogen and oxygen atoms in total. The third kappa shape index (κ3) is 7.91. The minimum Gasteiger partial charge on any atom is -0.473 e. The molecule has 0 bridgehead atoms. The van der Waals surface area contributed by atoms with Crippen LogP contribution in [0, 0.1) is 34.5 Å². The highest BCUT2D eigenvalue weighted by molar-refractivity contribution is 6.27. The molecule has 2 saturated carbocycles. The molecule has 6 atom stereocenters. The average molecular weight is 655 g/mol. The van der Waals surface area contributed by atoms with Gasteiger partial charge in [-0.3, -0.25) is 9.78 Å². The third-order valence-corrected chi connectivity index (χ3v) is 11.3. The molecule has 1 aliphatic heterocycles. The van der Waals surface area contributed by atoms with E-state index in [2.05, 4.69) is 61.3 Å². The standard InChI is InChI=1S/C31H42N2O2.2C2H2O4/c1-30-14-10-24(35-29(34)21-12-17-33(3)18-13-21)19-23(30)6-7-25-27-9-8-26(22-5-4-16-32-20-22)31(27,2)15-11-28(25)30;2*3-1(4)2(5)6/h4-6,8,16,20-21,24-25,27-28H,7,9-15,17-19H2,1-3H3;2*(H,3,4)(H,5,6)/t24-,25-,27-,28-,30-,31+;;/m0../s1. The topological polar surface area (TPSA) is 192 Å². The summed E-state index contributed by atoms with van der Waals surface area (Å²) in [6.45, 7) is 7.08. The Hall–Kier alpha value is -4.06. The molecule has 1 saturated heterocycles. The van der Waals surface area contributed by atoms with Crippen LogP contribution in [0.25, 0.3) is 5.57 Å². The van der Waals surface area contributed by atoms with Gasteiger partial charge in [0, 0.05) is 18.8 Å². The largest absolute Gasteiger partial charge is 0.473 e. The lowest BCUT2D eigenvalue weighted by atomic mass is 9.47. The lowest BCUT2D eigenvalue weighted by Crippen LogP contribution is -2.50. The van der Waals surface area contributed by atoms with Crippen LogP contribution in [-0.4, -0.2) is 86.4 Å². The molecule has 0 amide bonds. The zero-order chi connectivity index (χ0) is 34.5. The molecule has 2 heterocycles. The van der Waals surface area contributed by atoms with E-state index in [-0.39, 0.29) is 28.8 Å². The summed E-state index contributed by atoms with van der Waals surface area (Å²) in [6, 6.07) is 4.32. The van der Waals surface area contributed by atoms with E-state index in [0.29, 0.717) is 0 Å². The molecular formula is C35H46N2O10. The van der Waals surface area contributed by atoms with Gasteiger partial charge in [-0.05, 0) is 117 Å². The number of allylic oxidation sites excluding steroid dienone is 3. The van der Waals surface area contributed by atoms with E-state index in [4.69, 9.17) is 44.3 Å². The van der Waals surface area contributed by atoms with Gasteiger partial charge in [-0.15, -0.1) is 0 Å². The van der Waals surface area contributed by atoms with E-state index in [1.807, 2.05) is 6.20 Å². The number of carboxylic acid groups (broad SMARTS) is 4. The molecule has 47 heavy (non-hydrogen) atoms. The molecule has 3 fully saturated rings. The summed E-state index contributed by atoms with van der Waals surface area (Å²) in [7, 11) is 2.14. The van der Waals surface area contributed by atoms with Gasteiger partial charge in [0.25, 0.3) is 0 Å². The Labute approximate surface area is 274 Å². The van der Waals surface area contributed by atoms with E-state index in [1.165, 1.54) is 31.2 Å². The molecule has 4 aliphatic carbocycles. The molecule has 0 aromatic carbocycles. The lowest BCUT2D eigenvalue weighted by molar-refractivity contribution is -0.159. The van der Waals surface area contributed by atoms with Crippen LogP contribution in [0.4, 0.5) is 0 Å². The van der Waals surface area contributed by atoms with Gasteiger partial charge in [-0.1, -0.05) is 37.6 Å². The van der Waals surface area contributed by atoms with Crippen molar-refractivity contribution in [1.82, 2.24) is 9.88 Å². The fourth-order valence-electron chi connectivity index (χ4n) is 8.77. The first-order valence-corrected chi connectivity index (χ1v) is 16.3. The molecule has 12 heteroatoms. The van der Waals surface area contributed by atoms with Crippen LogP contribution in [0.1, 0.15) is 77.2 Å². The number of carbonyl (C=O) groups excluding carboxylic acids is 1. The van der Waals surface area contributed by atoms with Crippen LogP contribution in [-0.2, 0) is 28.7 Å². The van der Waals surface area contributed by atoms with E-state index in [9.17, 15) is 4.79 Å². The number of hydrogen-bond donors (Lipinski definition) is 4. The van der Waals surface area contributed by atoms with Crippen molar-refractivity contribution in [3.63, 3.8) is 0 Å². The van der Waals surface area contributed by atoms with Gasteiger partial charge in [0.1, 0.15) is 6.10 Å². The van der Waals surface area contributed by atoms with E-state index in [1.54, 1.807) is 11.1 Å². The Balaban J connectivity index is 0.000000358. The number of aromatic nitrogens is 1. The SMILES string of the molecule is CN1CCC(C(=O)O[C@H]2CC[C@@]3(C)C(=CC[C@@H]4[C@@H]3CC[C@]3(C)C(c5cccnc5)=CC[C@@H]43)C2)CC1.O=C(O)C(=O)O.O=C(O)C(=O)O. The number of ether oxygens (including phenoxy) is 1. The Bertz CT molecular complexity index is 1370. The maximum Gasteiger partial charge on any atom is 0.414 e. The number of carbonyl (C=O) groups is 5. The van der Waals surface area contributed by atoms with Crippen molar-refractivity contribution in [3.05, 3.63) is 47.8 Å². The van der Waals surface area contributed by atoms with Crippen molar-refractivity contribution >= 4 is 35.4 Å². The second kappa shape index (κ2) is 14.8. The van der Waals surface area contributed by atoms with Gasteiger partial charge >= 0.3 is 29.8 Å². The molecule has 0 spiro atoms. The maximum absolute atomic E-state index is 12.9. The van der Waals surface area contributed by atoms with E-state index in [0.717, 1.165) is 62.9 Å². The number of fused-ring (bicyclic) bond motifs is 5. The number of likely N-dealkylation sites (tertiary alicyclic amines) is 1. The highest BCUT2D eigenvalue weighted by Crippen LogP contribution is 2.66. The number of aliphatic carboxylic acids is 4. The molecule has 256 valence electrons. The maximum atomic E-state index is 12.9. The zero-order valence-corrected chi connectivity index (χ0v) is 27.3. The van der Waals surface area contributed by atoms with Gasteiger partial charge in [0.05, 0.1) is 5.92 Å². The molecular weight excluding hydrogens is 608 g/mol. The summed E-state index contributed by atoms with van der Waals surface area (Å²) in [6.07, 6.45) is 19.1. The van der Waals surface area contributed by atoms with Crippen molar-refractivity contribution in [1.29, 1.82) is 0 Å². The monoisotopic (exact) mass is 654 g/mol. The number of nitrogens with zero attached hydrogens (tertiary/aromatic N) is 2. The van der Waals surface area contributed by atoms with Crippen LogP contribution < -0.4 is 0 Å². The quantitative estimate of drug-likeness (QED) is 0.201. The smallest absolute Gasteiger partial charge is 0.414 e. The Morgan fingerprint density at radius 2 is 1.45 bits per heavy atom. The third-order valence-electron chi connectivity index (χ3n) is 11.3. The van der Waals surface area contributed by atoms with E-state index < -0.39 is 23.9 Å². The number of pyridine rings is 1. The first-order chi connectivity index (χ1) is 22.2. The summed E-state index contributed by atoms with van der Waals surface area (Å²) >= 11 is 0. The van der Waals surface area contributed by atoms with Crippen LogP contribution in [0.2, 0.25) is 0 Å². The molecule has 0 radical (unpaired) electrons. The Morgan fingerprint density at radius 1 is 0.830 bits per heavy atom. The summed E-state index contributed by atoms with van der Waals surface area (Å²) in [5.41, 5.74) is 5.00. The average Bonchev–Trinajstić information content (AvgIpc) is 3.39. The van der Waals surface area contributed by atoms with Gasteiger partial charge in [0.15, 0.2) is 0 Å². The van der Waals surface area contributed by atoms with Gasteiger partial charge in [0.2, 0.25) is 0 Å². The summed E-state index contributed by atoms with van der Waals surface area (Å²) in [5.74, 6) is -4.89. The van der Waals surface area contributed by atoms with Crippen LogP contribution in [0.5, 0.6) is 0 Å². The molecule has 1 aromatic heterocycles. The zero-order valence-electron chi connectivity index (χ0n) is 27.3. The number of rotatable bonds is 3. The minimum absolute atomic E-state index is 0.0642. The molecule has 6 rings (SSSR count). The number of hydrogen-bond acceptors (Lipinski definition) is 8. The van der Waals surface area contributed by atoms with Crippen LogP contribution in [0.15, 0.2) is 42.3 Å². The second-order valence-electron chi connectivity index (χ2n) is 13.9. The van der Waals surface area contributed by atoms with E-state index >= 15 is 0 Å². The first-order valence-electron chi connectivity index (χ1n) is 16.3. The van der Waals surface area contributed by atoms with Gasteiger partial charge in [-0.2, -0.15) is 0 Å². The lowest BCUT2D eigenvalue weighted by Gasteiger charge is -2.58. The highest BCUT2D eigenvalue weighted by Gasteiger charge is 2.57. The van der Waals surface area contributed by atoms with Gasteiger partial charge in [-0.25, -0.2) is 19.2 Å². The fourth-order valence-corrected chi connectivity index (χ4v) is 8.77. The summed E-state index contributed by atoms with van der Waals surface area (Å²) < 4.78 is 6.13. The van der Waals surface area contributed by atoms with Crippen molar-refractivity contribution in [2.75, 3.05) is 20.1 Å². The molecule has 1 aromatic rings. The molecule has 5 aliphatic rings. The number of piperidine rings is 1. The second-order valence-corrected chi connectivity index (χ2v) is 13.9. The number of carboxylic acids is 4. The van der Waals surface area contributed by atoms with Crippen LogP contribution >= 0.6 is 0 Å². The fraction of sp³-hybridized carbons (Fsp3) is 0.600.